The van der Waals surface area contributed by atoms with Crippen LogP contribution in [0.3, 0.4) is 0 Å². The van der Waals surface area contributed by atoms with Crippen molar-refractivity contribution >= 4 is 22.8 Å². The van der Waals surface area contributed by atoms with Crippen LogP contribution in [0.2, 0.25) is 0 Å². The smallest absolute Gasteiger partial charge is 0.320 e. The first-order valence-electron chi connectivity index (χ1n) is 9.02. The maximum absolute atomic E-state index is 12.3. The first kappa shape index (κ1) is 17.4. The number of hydrogen-bond acceptors (Lipinski definition) is 5. The zero-order valence-electron chi connectivity index (χ0n) is 15.7. The number of nitrogens with one attached hydrogen (secondary N) is 2. The van der Waals surface area contributed by atoms with Gasteiger partial charge in [-0.15, -0.1) is 0 Å². The highest BCUT2D eigenvalue weighted by molar-refractivity contribution is 5.91. The van der Waals surface area contributed by atoms with Crippen molar-refractivity contribution in [3.05, 3.63) is 42.5 Å². The summed E-state index contributed by atoms with van der Waals surface area (Å²) >= 11 is 0. The van der Waals surface area contributed by atoms with Crippen LogP contribution < -0.4 is 10.6 Å². The molecule has 4 rings (SSSR count). The lowest BCUT2D eigenvalue weighted by Crippen LogP contribution is -2.42. The van der Waals surface area contributed by atoms with E-state index in [2.05, 4.69) is 44.6 Å². The molecule has 0 unspecified atom stereocenters. The molecule has 3 aromatic heterocycles. The summed E-state index contributed by atoms with van der Waals surface area (Å²) in [7, 11) is 2.06. The van der Waals surface area contributed by atoms with Gasteiger partial charge < -0.3 is 10.2 Å². The van der Waals surface area contributed by atoms with Crippen molar-refractivity contribution in [2.24, 2.45) is 5.92 Å². The third kappa shape index (κ3) is 3.61. The summed E-state index contributed by atoms with van der Waals surface area (Å²) in [5.41, 5.74) is 2.72. The van der Waals surface area contributed by atoms with Crippen LogP contribution >= 0.6 is 0 Å². The van der Waals surface area contributed by atoms with Crippen LogP contribution in [0, 0.1) is 12.8 Å². The lowest BCUT2D eigenvalue weighted by atomic mass is 10.1. The minimum absolute atomic E-state index is 0.149. The van der Waals surface area contributed by atoms with Gasteiger partial charge in [0.25, 0.3) is 0 Å². The molecule has 8 nitrogen and oxygen atoms in total. The fraction of sp³-hybridized carbons (Fsp3) is 0.368. The average molecular weight is 365 g/mol. The topological polar surface area (TPSA) is 88.0 Å². The summed E-state index contributed by atoms with van der Waals surface area (Å²) in [6.45, 7) is 5.94. The number of anilines is 1. The molecule has 1 saturated heterocycles. The molecule has 2 amide bonds. The molecule has 2 N–H and O–H groups in total. The normalized spacial score (nSPS) is 20.1. The maximum atomic E-state index is 12.3. The number of hydrogen-bond donors (Lipinski definition) is 2. The second-order valence-corrected chi connectivity index (χ2v) is 7.24. The van der Waals surface area contributed by atoms with Crippen LogP contribution in [-0.2, 0) is 0 Å². The van der Waals surface area contributed by atoms with Gasteiger partial charge in [0.1, 0.15) is 5.82 Å². The average Bonchev–Trinajstić information content (AvgIpc) is 3.17. The number of carbonyl (C=O) groups excluding carboxylic acids is 1. The third-order valence-corrected chi connectivity index (χ3v) is 4.93. The van der Waals surface area contributed by atoms with Gasteiger partial charge in [0.15, 0.2) is 0 Å². The molecule has 0 bridgehead atoms. The maximum Gasteiger partial charge on any atom is 0.320 e. The molecule has 0 saturated carbocycles. The van der Waals surface area contributed by atoms with E-state index >= 15 is 0 Å². The zero-order valence-corrected chi connectivity index (χ0v) is 15.7. The van der Waals surface area contributed by atoms with Gasteiger partial charge in [-0.3, -0.25) is 10.3 Å². The fourth-order valence-electron chi connectivity index (χ4n) is 3.58. The van der Waals surface area contributed by atoms with Gasteiger partial charge in [-0.2, -0.15) is 5.10 Å². The monoisotopic (exact) mass is 365 g/mol. The van der Waals surface area contributed by atoms with Crippen LogP contribution in [0.5, 0.6) is 0 Å². The number of nitrogens with zero attached hydrogens (tertiary/aromatic N) is 5. The minimum Gasteiger partial charge on any atom is -0.333 e. The van der Waals surface area contributed by atoms with Gasteiger partial charge in [-0.1, -0.05) is 6.92 Å². The number of likely N-dealkylation sites (N-methyl/N-ethyl adjacent to an activating group) is 1. The van der Waals surface area contributed by atoms with Crippen molar-refractivity contribution in [2.45, 2.75) is 19.9 Å². The molecule has 27 heavy (non-hydrogen) atoms. The van der Waals surface area contributed by atoms with E-state index in [4.69, 9.17) is 0 Å². The Morgan fingerprint density at radius 3 is 2.81 bits per heavy atom. The Morgan fingerprint density at radius 1 is 1.22 bits per heavy atom. The summed E-state index contributed by atoms with van der Waals surface area (Å²) in [6.07, 6.45) is 5.25. The van der Waals surface area contributed by atoms with Gasteiger partial charge in [-0.25, -0.2) is 14.5 Å². The quantitative estimate of drug-likeness (QED) is 0.743. The van der Waals surface area contributed by atoms with Gasteiger partial charge in [-0.05, 0) is 38.1 Å². The number of rotatable bonds is 3. The number of aryl methyl sites for hydroxylation is 1. The van der Waals surface area contributed by atoms with E-state index in [9.17, 15) is 4.79 Å². The van der Waals surface area contributed by atoms with Crippen LogP contribution in [0.4, 0.5) is 10.6 Å². The standard InChI is InChI=1S/C19H23N7O/c1-12-10-25(3)11-16(12)23-19(27)24-18-7-14-8-22-26(17(14)9-21-18)15-4-5-20-13(2)6-15/h4-9,12,16H,10-11H2,1-3H3,(H2,21,23,24,27)/t12-,16-/m0/s1. The largest absolute Gasteiger partial charge is 0.333 e. The van der Waals surface area contributed by atoms with Crippen molar-refractivity contribution in [2.75, 3.05) is 25.5 Å². The number of fused-ring (bicyclic) bond motifs is 1. The van der Waals surface area contributed by atoms with Crippen molar-refractivity contribution < 1.29 is 4.79 Å². The number of amides is 2. The number of urea groups is 1. The number of likely N-dealkylation sites (tertiary alicyclic amines) is 1. The van der Waals surface area contributed by atoms with Gasteiger partial charge in [0, 0.05) is 36.4 Å². The van der Waals surface area contributed by atoms with Crippen LogP contribution in [0.1, 0.15) is 12.6 Å². The van der Waals surface area contributed by atoms with Gasteiger partial charge in [0.05, 0.1) is 23.6 Å². The zero-order chi connectivity index (χ0) is 19.0. The Bertz CT molecular complexity index is 983. The molecular weight excluding hydrogens is 342 g/mol. The van der Waals surface area contributed by atoms with Crippen molar-refractivity contribution in [1.82, 2.24) is 30.0 Å². The van der Waals surface area contributed by atoms with Crippen molar-refractivity contribution in [3.8, 4) is 5.69 Å². The summed E-state index contributed by atoms with van der Waals surface area (Å²) in [6, 6.07) is 5.61. The van der Waals surface area contributed by atoms with E-state index in [-0.39, 0.29) is 12.1 Å². The number of carbonyl (C=O) groups is 1. The third-order valence-electron chi connectivity index (χ3n) is 4.93. The Balaban J connectivity index is 1.50. The molecule has 1 aliphatic heterocycles. The predicted molar refractivity (Wildman–Crippen MR) is 104 cm³/mol. The highest BCUT2D eigenvalue weighted by Gasteiger charge is 2.28. The van der Waals surface area contributed by atoms with Crippen LogP contribution in [-0.4, -0.2) is 56.9 Å². The second kappa shape index (κ2) is 6.96. The second-order valence-electron chi connectivity index (χ2n) is 7.24. The van der Waals surface area contributed by atoms with Crippen molar-refractivity contribution in [3.63, 3.8) is 0 Å². The van der Waals surface area contributed by atoms with Crippen LogP contribution in [0.15, 0.2) is 36.8 Å². The fourth-order valence-corrected chi connectivity index (χ4v) is 3.58. The first-order chi connectivity index (χ1) is 13.0. The Labute approximate surface area is 157 Å². The molecule has 0 spiro atoms. The Hall–Kier alpha value is -3.00. The lowest BCUT2D eigenvalue weighted by molar-refractivity contribution is 0.246. The van der Waals surface area contributed by atoms with E-state index in [0.717, 1.165) is 35.4 Å². The molecule has 0 aromatic carbocycles. The van der Waals surface area contributed by atoms with Gasteiger partial charge in [0.2, 0.25) is 0 Å². The molecule has 8 heteroatoms. The minimum atomic E-state index is -0.230. The van der Waals surface area contributed by atoms with E-state index in [1.807, 2.05) is 29.8 Å². The van der Waals surface area contributed by atoms with Crippen molar-refractivity contribution in [1.29, 1.82) is 0 Å². The molecule has 0 radical (unpaired) electrons. The lowest BCUT2D eigenvalue weighted by Gasteiger charge is -2.16. The number of aromatic nitrogens is 4. The van der Waals surface area contributed by atoms with Crippen LogP contribution in [0.25, 0.3) is 16.6 Å². The summed E-state index contributed by atoms with van der Waals surface area (Å²) in [4.78, 5) is 23.1. The summed E-state index contributed by atoms with van der Waals surface area (Å²) in [5, 5.41) is 11.2. The molecular formula is C19H23N7O. The summed E-state index contributed by atoms with van der Waals surface area (Å²) < 4.78 is 1.82. The molecule has 2 atom stereocenters. The molecule has 3 aromatic rings. The molecule has 0 aliphatic carbocycles. The molecule has 4 heterocycles. The molecule has 1 aliphatic rings. The molecule has 140 valence electrons. The van der Waals surface area contributed by atoms with E-state index in [1.54, 1.807) is 18.6 Å². The number of pyridine rings is 2. The SMILES string of the molecule is Cc1cc(-n2ncc3cc(NC(=O)N[C@H]4CN(C)C[C@@H]4C)ncc32)ccn1. The highest BCUT2D eigenvalue weighted by atomic mass is 16.2. The predicted octanol–water partition coefficient (Wildman–Crippen LogP) is 2.20. The van der Waals surface area contributed by atoms with E-state index in [0.29, 0.717) is 11.7 Å². The Kier molecular flexibility index (Phi) is 4.49. The molecule has 1 fully saturated rings. The highest BCUT2D eigenvalue weighted by Crippen LogP contribution is 2.20. The van der Waals surface area contributed by atoms with Gasteiger partial charge >= 0.3 is 6.03 Å². The summed E-state index contributed by atoms with van der Waals surface area (Å²) in [5.74, 6) is 0.933. The van der Waals surface area contributed by atoms with E-state index < -0.39 is 0 Å². The Morgan fingerprint density at radius 2 is 2.07 bits per heavy atom. The van der Waals surface area contributed by atoms with E-state index in [1.165, 1.54) is 0 Å². The first-order valence-corrected chi connectivity index (χ1v) is 9.02.